The van der Waals surface area contributed by atoms with Crippen molar-refractivity contribution in [2.75, 3.05) is 13.1 Å². The summed E-state index contributed by atoms with van der Waals surface area (Å²) in [6.07, 6.45) is 2.40. The Bertz CT molecular complexity index is 533. The zero-order valence-electron chi connectivity index (χ0n) is 9.80. The lowest BCUT2D eigenvalue weighted by molar-refractivity contribution is 0.0995. The van der Waals surface area contributed by atoms with Crippen LogP contribution in [0.2, 0.25) is 0 Å². The number of piperidine rings is 1. The molecule has 1 aliphatic heterocycles. The van der Waals surface area contributed by atoms with Gasteiger partial charge in [-0.15, -0.1) is 0 Å². The topological polar surface area (TPSA) is 102 Å². The number of nitrogens with one attached hydrogen (secondary N) is 1. The normalized spacial score (nSPS) is 17.6. The quantitative estimate of drug-likeness (QED) is 0.784. The summed E-state index contributed by atoms with van der Waals surface area (Å²) in [6.45, 7) is 1.41. The largest absolute Gasteiger partial charge is 0.364 e. The summed E-state index contributed by atoms with van der Waals surface area (Å²) in [7, 11) is -3.36. The van der Waals surface area contributed by atoms with Crippen LogP contribution in [-0.2, 0) is 9.84 Å². The number of nitrogens with two attached hydrogens (primary N) is 1. The SMILES string of the molecule is NC(=O)c1ccc(S(=O)(=O)C2CCNCC2)cn1. The first-order chi connectivity index (χ1) is 8.51. The number of pyridine rings is 1. The van der Waals surface area contributed by atoms with Crippen LogP contribution in [0.3, 0.4) is 0 Å². The van der Waals surface area contributed by atoms with E-state index in [4.69, 9.17) is 5.73 Å². The fourth-order valence-electron chi connectivity index (χ4n) is 1.99. The third-order valence-electron chi connectivity index (χ3n) is 3.04. The number of amides is 1. The molecule has 0 radical (unpaired) electrons. The molecule has 1 aromatic heterocycles. The van der Waals surface area contributed by atoms with Gasteiger partial charge >= 0.3 is 0 Å². The highest BCUT2D eigenvalue weighted by atomic mass is 32.2. The van der Waals surface area contributed by atoms with Crippen LogP contribution in [0.25, 0.3) is 0 Å². The van der Waals surface area contributed by atoms with Crippen LogP contribution in [0, 0.1) is 0 Å². The van der Waals surface area contributed by atoms with Gasteiger partial charge in [-0.3, -0.25) is 4.79 Å². The summed E-state index contributed by atoms with van der Waals surface area (Å²) in [6, 6.07) is 2.74. The zero-order valence-corrected chi connectivity index (χ0v) is 10.6. The Labute approximate surface area is 106 Å². The van der Waals surface area contributed by atoms with Crippen molar-refractivity contribution in [1.29, 1.82) is 0 Å². The first-order valence-electron chi connectivity index (χ1n) is 5.72. The van der Waals surface area contributed by atoms with E-state index < -0.39 is 15.7 Å². The lowest BCUT2D eigenvalue weighted by Crippen LogP contribution is -2.35. The molecule has 0 bridgehead atoms. The summed E-state index contributed by atoms with van der Waals surface area (Å²) < 4.78 is 24.6. The fourth-order valence-corrected chi connectivity index (χ4v) is 3.69. The smallest absolute Gasteiger partial charge is 0.267 e. The highest BCUT2D eigenvalue weighted by Crippen LogP contribution is 2.21. The molecule has 2 rings (SSSR count). The first-order valence-corrected chi connectivity index (χ1v) is 7.27. The average Bonchev–Trinajstić information content (AvgIpc) is 2.40. The number of hydrogen-bond donors (Lipinski definition) is 2. The van der Waals surface area contributed by atoms with Crippen molar-refractivity contribution in [3.05, 3.63) is 24.0 Å². The van der Waals surface area contributed by atoms with Crippen molar-refractivity contribution >= 4 is 15.7 Å². The van der Waals surface area contributed by atoms with Crippen LogP contribution in [0.5, 0.6) is 0 Å². The van der Waals surface area contributed by atoms with Crippen LogP contribution in [0.1, 0.15) is 23.3 Å². The van der Waals surface area contributed by atoms with Crippen LogP contribution < -0.4 is 11.1 Å². The van der Waals surface area contributed by atoms with E-state index in [1.165, 1.54) is 18.3 Å². The zero-order chi connectivity index (χ0) is 13.2. The number of primary amides is 1. The number of sulfone groups is 1. The predicted octanol–water partition coefficient (Wildman–Crippen LogP) is -0.294. The number of hydrogen-bond acceptors (Lipinski definition) is 5. The lowest BCUT2D eigenvalue weighted by Gasteiger charge is -2.22. The molecule has 0 aromatic carbocycles. The minimum absolute atomic E-state index is 0.0688. The highest BCUT2D eigenvalue weighted by Gasteiger charge is 2.29. The van der Waals surface area contributed by atoms with E-state index in [1.54, 1.807) is 0 Å². The van der Waals surface area contributed by atoms with E-state index in [9.17, 15) is 13.2 Å². The molecule has 1 fully saturated rings. The number of rotatable bonds is 3. The molecule has 7 heteroatoms. The van der Waals surface area contributed by atoms with Gasteiger partial charge in [-0.1, -0.05) is 0 Å². The number of carbonyl (C=O) groups is 1. The van der Waals surface area contributed by atoms with E-state index in [-0.39, 0.29) is 15.8 Å². The molecule has 6 nitrogen and oxygen atoms in total. The van der Waals surface area contributed by atoms with Crippen molar-refractivity contribution < 1.29 is 13.2 Å². The molecule has 1 aromatic rings. The van der Waals surface area contributed by atoms with Gasteiger partial charge in [0.15, 0.2) is 9.84 Å². The Hall–Kier alpha value is -1.47. The van der Waals surface area contributed by atoms with Crippen LogP contribution >= 0.6 is 0 Å². The van der Waals surface area contributed by atoms with Crippen molar-refractivity contribution in [1.82, 2.24) is 10.3 Å². The molecule has 0 saturated carbocycles. The maximum absolute atomic E-state index is 12.3. The molecule has 0 atom stereocenters. The van der Waals surface area contributed by atoms with Crippen molar-refractivity contribution in [2.24, 2.45) is 5.73 Å². The second-order valence-corrected chi connectivity index (χ2v) is 6.47. The average molecular weight is 269 g/mol. The Kier molecular flexibility index (Phi) is 3.63. The standard InChI is InChI=1S/C11H15N3O3S/c12-11(15)10-2-1-9(7-14-10)18(16,17)8-3-5-13-6-4-8/h1-2,7-8,13H,3-6H2,(H2,12,15). The minimum atomic E-state index is -3.36. The molecule has 3 N–H and O–H groups in total. The van der Waals surface area contributed by atoms with Gasteiger partial charge in [0.25, 0.3) is 5.91 Å². The molecule has 1 saturated heterocycles. The van der Waals surface area contributed by atoms with Gasteiger partial charge < -0.3 is 11.1 Å². The van der Waals surface area contributed by atoms with Gasteiger partial charge in [0, 0.05) is 6.20 Å². The fraction of sp³-hybridized carbons (Fsp3) is 0.455. The molecule has 0 spiro atoms. The molecule has 1 aliphatic rings. The molecule has 1 amide bonds. The van der Waals surface area contributed by atoms with E-state index in [0.29, 0.717) is 25.9 Å². The van der Waals surface area contributed by atoms with E-state index in [2.05, 4.69) is 10.3 Å². The minimum Gasteiger partial charge on any atom is -0.364 e. The second kappa shape index (κ2) is 5.03. The predicted molar refractivity (Wildman–Crippen MR) is 65.8 cm³/mol. The molecule has 0 aliphatic carbocycles. The van der Waals surface area contributed by atoms with E-state index >= 15 is 0 Å². The maximum Gasteiger partial charge on any atom is 0.267 e. The Morgan fingerprint density at radius 3 is 2.50 bits per heavy atom. The van der Waals surface area contributed by atoms with Gasteiger partial charge in [0.2, 0.25) is 0 Å². The van der Waals surface area contributed by atoms with Crippen LogP contribution in [-0.4, -0.2) is 37.6 Å². The third-order valence-corrected chi connectivity index (χ3v) is 5.29. The Morgan fingerprint density at radius 1 is 1.33 bits per heavy atom. The number of carbonyl (C=O) groups excluding carboxylic acids is 1. The van der Waals surface area contributed by atoms with Crippen LogP contribution in [0.4, 0.5) is 0 Å². The van der Waals surface area contributed by atoms with Crippen molar-refractivity contribution in [3.63, 3.8) is 0 Å². The molecular weight excluding hydrogens is 254 g/mol. The number of aromatic nitrogens is 1. The van der Waals surface area contributed by atoms with Gasteiger partial charge in [-0.05, 0) is 38.1 Å². The first kappa shape index (κ1) is 13.0. The molecular formula is C11H15N3O3S. The number of nitrogens with zero attached hydrogens (tertiary/aromatic N) is 1. The third kappa shape index (κ3) is 2.51. The summed E-state index contributed by atoms with van der Waals surface area (Å²) in [4.78, 5) is 14.8. The molecule has 2 heterocycles. The molecule has 18 heavy (non-hydrogen) atoms. The molecule has 0 unspecified atom stereocenters. The van der Waals surface area contributed by atoms with Gasteiger partial charge in [0.05, 0.1) is 10.1 Å². The lowest BCUT2D eigenvalue weighted by atomic mass is 10.2. The summed E-state index contributed by atoms with van der Waals surface area (Å²) in [5.41, 5.74) is 5.13. The van der Waals surface area contributed by atoms with Crippen molar-refractivity contribution in [3.8, 4) is 0 Å². The van der Waals surface area contributed by atoms with Gasteiger partial charge in [0.1, 0.15) is 5.69 Å². The summed E-state index contributed by atoms with van der Waals surface area (Å²) in [5.74, 6) is -0.666. The van der Waals surface area contributed by atoms with E-state index in [1.807, 2.05) is 0 Å². The monoisotopic (exact) mass is 269 g/mol. The Balaban J connectivity index is 2.26. The summed E-state index contributed by atoms with van der Waals surface area (Å²) in [5, 5.41) is 2.75. The van der Waals surface area contributed by atoms with E-state index in [0.717, 1.165) is 0 Å². The van der Waals surface area contributed by atoms with Crippen LogP contribution in [0.15, 0.2) is 23.2 Å². The second-order valence-electron chi connectivity index (χ2n) is 4.24. The Morgan fingerprint density at radius 2 is 2.00 bits per heavy atom. The van der Waals surface area contributed by atoms with Crippen molar-refractivity contribution in [2.45, 2.75) is 23.0 Å². The summed E-state index contributed by atoms with van der Waals surface area (Å²) >= 11 is 0. The van der Waals surface area contributed by atoms with Gasteiger partial charge in [-0.2, -0.15) is 0 Å². The van der Waals surface area contributed by atoms with Gasteiger partial charge in [-0.25, -0.2) is 13.4 Å². The molecule has 98 valence electrons. The highest BCUT2D eigenvalue weighted by molar-refractivity contribution is 7.92. The maximum atomic E-state index is 12.3.